The maximum Gasteiger partial charge on any atom is 0.268 e. The molecule has 1 aliphatic heterocycles. The van der Waals surface area contributed by atoms with Gasteiger partial charge in [0.15, 0.2) is 5.82 Å². The number of nitrogens with one attached hydrogen (secondary N) is 1. The molecule has 1 atom stereocenters. The van der Waals surface area contributed by atoms with E-state index in [1.54, 1.807) is 29.1 Å². The third-order valence-corrected chi connectivity index (χ3v) is 8.57. The molecule has 3 aromatic rings. The number of anilines is 1. The Morgan fingerprint density at radius 3 is 2.61 bits per heavy atom. The molecular weight excluding hydrogens is 509 g/mol. The van der Waals surface area contributed by atoms with E-state index in [-0.39, 0.29) is 21.4 Å². The van der Waals surface area contributed by atoms with Gasteiger partial charge >= 0.3 is 0 Å². The molecular formula is C27H32FN5O4S. The summed E-state index contributed by atoms with van der Waals surface area (Å²) in [6, 6.07) is 9.42. The van der Waals surface area contributed by atoms with Gasteiger partial charge in [0.05, 0.1) is 17.1 Å². The van der Waals surface area contributed by atoms with Gasteiger partial charge in [-0.3, -0.25) is 4.79 Å². The number of carbonyl (C=O) groups is 1. The minimum Gasteiger partial charge on any atom is -0.476 e. The minimum absolute atomic E-state index is 0.0983. The standard InChI is InChI=1S/C27H32FN5O4S/c1-18-15-26(2,3)32(16-18)24-21(25(34)31-38(35,36)20-7-5-6-19(28)14-20)8-9-22(29-24)33-13-10-23(30-33)37-17-27(4)11-12-27/h5-10,13-14,18H,11-12,15-17H2,1-4H3,(H,31,34)/t18-/m0/s1. The molecule has 1 aromatic carbocycles. The van der Waals surface area contributed by atoms with Crippen molar-refractivity contribution in [3.05, 3.63) is 60.0 Å². The topological polar surface area (TPSA) is 106 Å². The Balaban J connectivity index is 1.47. The van der Waals surface area contributed by atoms with Crippen LogP contribution >= 0.6 is 0 Å². The molecule has 0 radical (unpaired) electrons. The Hall–Kier alpha value is -3.47. The molecule has 2 fully saturated rings. The summed E-state index contributed by atoms with van der Waals surface area (Å²) in [4.78, 5) is 19.8. The van der Waals surface area contributed by atoms with Crippen molar-refractivity contribution in [2.75, 3.05) is 18.1 Å². The zero-order valence-electron chi connectivity index (χ0n) is 21.9. The second kappa shape index (κ2) is 9.37. The SMILES string of the molecule is C[C@@H]1CN(c2nc(-n3ccc(OCC4(C)CC4)n3)ccc2C(=O)NS(=O)(=O)c2cccc(F)c2)C(C)(C)C1. The Morgan fingerprint density at radius 2 is 1.95 bits per heavy atom. The molecule has 11 heteroatoms. The predicted octanol–water partition coefficient (Wildman–Crippen LogP) is 4.33. The second-order valence-corrected chi connectivity index (χ2v) is 13.0. The fraction of sp³-hybridized carbons (Fsp3) is 0.444. The molecule has 5 rings (SSSR count). The van der Waals surface area contributed by atoms with E-state index in [4.69, 9.17) is 9.72 Å². The van der Waals surface area contributed by atoms with Crippen LogP contribution in [0.1, 0.15) is 57.3 Å². The molecule has 1 saturated heterocycles. The highest BCUT2D eigenvalue weighted by atomic mass is 32.2. The largest absolute Gasteiger partial charge is 0.476 e. The Bertz CT molecular complexity index is 1480. The first-order valence-corrected chi connectivity index (χ1v) is 14.1. The van der Waals surface area contributed by atoms with Crippen molar-refractivity contribution < 1.29 is 22.3 Å². The van der Waals surface area contributed by atoms with Gasteiger partial charge in [-0.1, -0.05) is 19.9 Å². The third kappa shape index (κ3) is 5.38. The van der Waals surface area contributed by atoms with E-state index in [0.29, 0.717) is 36.6 Å². The number of aromatic nitrogens is 3. The van der Waals surface area contributed by atoms with Crippen LogP contribution in [0.2, 0.25) is 0 Å². The first kappa shape index (κ1) is 26.1. The Labute approximate surface area is 222 Å². The number of halogens is 1. The van der Waals surface area contributed by atoms with Gasteiger partial charge in [-0.05, 0) is 69.4 Å². The number of hydrogen-bond acceptors (Lipinski definition) is 7. The van der Waals surface area contributed by atoms with Gasteiger partial charge < -0.3 is 9.64 Å². The number of benzene rings is 1. The quantitative estimate of drug-likeness (QED) is 0.452. The number of ether oxygens (including phenoxy) is 1. The summed E-state index contributed by atoms with van der Waals surface area (Å²) in [5.41, 5.74) is -0.00515. The average molecular weight is 542 g/mol. The van der Waals surface area contributed by atoms with Crippen LogP contribution in [0, 0.1) is 17.2 Å². The highest BCUT2D eigenvalue weighted by molar-refractivity contribution is 7.90. The van der Waals surface area contributed by atoms with Gasteiger partial charge in [0, 0.05) is 29.8 Å². The Morgan fingerprint density at radius 1 is 1.18 bits per heavy atom. The van der Waals surface area contributed by atoms with E-state index >= 15 is 0 Å². The van der Waals surface area contributed by atoms with Crippen molar-refractivity contribution in [3.63, 3.8) is 0 Å². The highest BCUT2D eigenvalue weighted by Crippen LogP contribution is 2.45. The molecule has 2 aliphatic rings. The number of amides is 1. The van der Waals surface area contributed by atoms with Gasteiger partial charge in [0.1, 0.15) is 11.6 Å². The number of hydrogen-bond donors (Lipinski definition) is 1. The van der Waals surface area contributed by atoms with Gasteiger partial charge in [0.25, 0.3) is 15.9 Å². The van der Waals surface area contributed by atoms with Crippen molar-refractivity contribution in [1.82, 2.24) is 19.5 Å². The van der Waals surface area contributed by atoms with Crippen molar-refractivity contribution in [3.8, 4) is 11.7 Å². The summed E-state index contributed by atoms with van der Waals surface area (Å²) in [5, 5.41) is 4.49. The lowest BCUT2D eigenvalue weighted by Crippen LogP contribution is -2.41. The summed E-state index contributed by atoms with van der Waals surface area (Å²) < 4.78 is 48.9. The molecule has 1 N–H and O–H groups in total. The molecule has 2 aromatic heterocycles. The fourth-order valence-electron chi connectivity index (χ4n) is 4.90. The van der Waals surface area contributed by atoms with Crippen molar-refractivity contribution >= 4 is 21.7 Å². The van der Waals surface area contributed by atoms with Crippen LogP contribution in [0.5, 0.6) is 5.88 Å². The molecule has 202 valence electrons. The predicted molar refractivity (Wildman–Crippen MR) is 140 cm³/mol. The number of pyridine rings is 1. The summed E-state index contributed by atoms with van der Waals surface area (Å²) in [6.07, 6.45) is 4.89. The van der Waals surface area contributed by atoms with Gasteiger partial charge in [-0.15, -0.1) is 5.10 Å². The first-order valence-electron chi connectivity index (χ1n) is 12.7. The van der Waals surface area contributed by atoms with Gasteiger partial charge in [-0.2, -0.15) is 0 Å². The van der Waals surface area contributed by atoms with Crippen LogP contribution < -0.4 is 14.4 Å². The molecule has 0 bridgehead atoms. The van der Waals surface area contributed by atoms with Crippen LogP contribution in [-0.2, 0) is 10.0 Å². The molecule has 0 spiro atoms. The maximum atomic E-state index is 13.7. The lowest BCUT2D eigenvalue weighted by Gasteiger charge is -2.34. The normalized spacial score (nSPS) is 19.8. The highest BCUT2D eigenvalue weighted by Gasteiger charge is 2.40. The van der Waals surface area contributed by atoms with Crippen LogP contribution in [-0.4, -0.2) is 47.8 Å². The fourth-order valence-corrected chi connectivity index (χ4v) is 5.89. The zero-order valence-corrected chi connectivity index (χ0v) is 22.8. The third-order valence-electron chi connectivity index (χ3n) is 7.24. The summed E-state index contributed by atoms with van der Waals surface area (Å²) in [7, 11) is -4.30. The van der Waals surface area contributed by atoms with Crippen LogP contribution in [0.15, 0.2) is 53.6 Å². The lowest BCUT2D eigenvalue weighted by atomic mass is 9.97. The molecule has 3 heterocycles. The molecule has 0 unspecified atom stereocenters. The van der Waals surface area contributed by atoms with E-state index in [2.05, 4.69) is 37.5 Å². The maximum absolute atomic E-state index is 13.7. The molecule has 1 aliphatic carbocycles. The van der Waals surface area contributed by atoms with Crippen molar-refractivity contribution in [2.24, 2.45) is 11.3 Å². The van der Waals surface area contributed by atoms with E-state index in [0.717, 1.165) is 31.4 Å². The van der Waals surface area contributed by atoms with Crippen molar-refractivity contribution in [1.29, 1.82) is 0 Å². The number of rotatable bonds is 8. The molecule has 1 saturated carbocycles. The van der Waals surface area contributed by atoms with Crippen LogP contribution in [0.25, 0.3) is 5.82 Å². The van der Waals surface area contributed by atoms with Crippen LogP contribution in [0.3, 0.4) is 0 Å². The second-order valence-electron chi connectivity index (χ2n) is 11.4. The summed E-state index contributed by atoms with van der Waals surface area (Å²) >= 11 is 0. The molecule has 38 heavy (non-hydrogen) atoms. The van der Waals surface area contributed by atoms with E-state index in [1.165, 1.54) is 12.1 Å². The summed E-state index contributed by atoms with van der Waals surface area (Å²) in [6.45, 7) is 9.67. The number of nitrogens with zero attached hydrogens (tertiary/aromatic N) is 4. The van der Waals surface area contributed by atoms with Crippen molar-refractivity contribution in [2.45, 2.75) is 57.4 Å². The first-order chi connectivity index (χ1) is 17.9. The number of sulfonamides is 1. The van der Waals surface area contributed by atoms with Crippen LogP contribution in [0.4, 0.5) is 10.2 Å². The van der Waals surface area contributed by atoms with Gasteiger partial charge in [0.2, 0.25) is 5.88 Å². The number of carbonyl (C=O) groups excluding carboxylic acids is 1. The van der Waals surface area contributed by atoms with E-state index in [9.17, 15) is 17.6 Å². The minimum atomic E-state index is -4.30. The lowest BCUT2D eigenvalue weighted by molar-refractivity contribution is 0.0981. The summed E-state index contributed by atoms with van der Waals surface area (Å²) in [5.74, 6) is 0.0876. The van der Waals surface area contributed by atoms with E-state index < -0.39 is 21.7 Å². The monoisotopic (exact) mass is 541 g/mol. The zero-order chi connectivity index (χ0) is 27.3. The smallest absolute Gasteiger partial charge is 0.268 e. The van der Waals surface area contributed by atoms with Gasteiger partial charge in [-0.25, -0.2) is 27.2 Å². The molecule has 1 amide bonds. The van der Waals surface area contributed by atoms with E-state index in [1.807, 2.05) is 4.90 Å². The molecule has 9 nitrogen and oxygen atoms in total. The Kier molecular flexibility index (Phi) is 6.45. The average Bonchev–Trinajstić information content (AvgIpc) is 3.27.